The molecule has 1 amide bonds. The summed E-state index contributed by atoms with van der Waals surface area (Å²) in [6, 6.07) is 5.77. The van der Waals surface area contributed by atoms with Crippen LogP contribution in [-0.4, -0.2) is 44.1 Å². The lowest BCUT2D eigenvalue weighted by atomic mass is 9.91. The largest absolute Gasteiger partial charge is 0.337 e. The summed E-state index contributed by atoms with van der Waals surface area (Å²) < 4.78 is 24.7. The predicted molar refractivity (Wildman–Crippen MR) is 86.5 cm³/mol. The maximum atomic E-state index is 12.4. The summed E-state index contributed by atoms with van der Waals surface area (Å²) >= 11 is 5.76. The second-order valence-electron chi connectivity index (χ2n) is 5.72. The average Bonchev–Trinajstić information content (AvgIpc) is 2.47. The summed E-state index contributed by atoms with van der Waals surface area (Å²) in [6.45, 7) is 2.97. The van der Waals surface area contributed by atoms with Gasteiger partial charge in [-0.1, -0.05) is 18.5 Å². The first-order valence-corrected chi connectivity index (χ1v) is 9.36. The summed E-state index contributed by atoms with van der Waals surface area (Å²) in [4.78, 5) is 14.2. The molecule has 0 aromatic heterocycles. The van der Waals surface area contributed by atoms with Crippen LogP contribution in [0.15, 0.2) is 29.2 Å². The zero-order valence-corrected chi connectivity index (χ0v) is 14.1. The number of sulfone groups is 1. The van der Waals surface area contributed by atoms with Crippen LogP contribution in [0.5, 0.6) is 0 Å². The van der Waals surface area contributed by atoms with Gasteiger partial charge in [-0.15, -0.1) is 0 Å². The van der Waals surface area contributed by atoms with Crippen molar-refractivity contribution in [1.29, 1.82) is 0 Å². The number of amides is 1. The van der Waals surface area contributed by atoms with E-state index < -0.39 is 15.6 Å². The molecule has 2 rings (SSSR count). The molecule has 122 valence electrons. The lowest BCUT2D eigenvalue weighted by molar-refractivity contribution is -0.133. The van der Waals surface area contributed by atoms with Gasteiger partial charge in [-0.3, -0.25) is 4.79 Å². The molecule has 1 saturated heterocycles. The maximum absolute atomic E-state index is 12.4. The Morgan fingerprint density at radius 3 is 2.59 bits per heavy atom. The monoisotopic (exact) mass is 344 g/mol. The molecule has 1 fully saturated rings. The van der Waals surface area contributed by atoms with Gasteiger partial charge in [-0.25, -0.2) is 8.42 Å². The number of benzene rings is 1. The summed E-state index contributed by atoms with van der Waals surface area (Å²) in [5, 5.41) is 0.457. The van der Waals surface area contributed by atoms with Crippen molar-refractivity contribution in [2.75, 3.05) is 18.8 Å². The van der Waals surface area contributed by atoms with Gasteiger partial charge in [0, 0.05) is 24.2 Å². The van der Waals surface area contributed by atoms with Crippen LogP contribution in [0.2, 0.25) is 5.02 Å². The highest BCUT2D eigenvalue weighted by atomic mass is 35.5. The summed E-state index contributed by atoms with van der Waals surface area (Å²) in [6.07, 6.45) is 1.89. The van der Waals surface area contributed by atoms with Crippen molar-refractivity contribution >= 4 is 27.3 Å². The van der Waals surface area contributed by atoms with E-state index in [0.717, 1.165) is 12.8 Å². The molecule has 7 heteroatoms. The molecule has 0 aliphatic carbocycles. The number of nitrogens with two attached hydrogens (primary N) is 1. The van der Waals surface area contributed by atoms with Gasteiger partial charge in [0.05, 0.1) is 4.90 Å². The third kappa shape index (κ3) is 3.80. The highest BCUT2D eigenvalue weighted by Gasteiger charge is 2.33. The van der Waals surface area contributed by atoms with Gasteiger partial charge >= 0.3 is 0 Å². The van der Waals surface area contributed by atoms with Crippen LogP contribution in [0, 0.1) is 5.92 Å². The summed E-state index contributed by atoms with van der Waals surface area (Å²) in [7, 11) is -3.67. The summed E-state index contributed by atoms with van der Waals surface area (Å²) in [5.41, 5.74) is 5.76. The van der Waals surface area contributed by atoms with Gasteiger partial charge in [0.15, 0.2) is 9.84 Å². The Labute approximate surface area is 136 Å². The molecule has 1 aromatic rings. The fraction of sp³-hybridized carbons (Fsp3) is 0.533. The van der Waals surface area contributed by atoms with E-state index in [1.807, 2.05) is 6.92 Å². The molecule has 0 saturated carbocycles. The summed E-state index contributed by atoms with van der Waals surface area (Å²) in [5.74, 6) is -0.615. The molecule has 0 unspecified atom stereocenters. The SMILES string of the molecule is C[C@@H]1CCCN(C(=O)CS(=O)(=O)c2ccc(Cl)cc2)[C@H]1CN. The standard InChI is InChI=1S/C15H21ClN2O3S/c1-11-3-2-8-18(14(11)9-17)15(19)10-22(20,21)13-6-4-12(16)5-7-13/h4-7,11,14H,2-3,8-10,17H2,1H3/t11-,14+/m1/s1. The molecule has 5 nitrogen and oxygen atoms in total. The number of nitrogens with zero attached hydrogens (tertiary/aromatic N) is 1. The number of carbonyl (C=O) groups excluding carboxylic acids is 1. The molecule has 1 heterocycles. The van der Waals surface area contributed by atoms with Crippen molar-refractivity contribution in [1.82, 2.24) is 4.90 Å². The fourth-order valence-electron chi connectivity index (χ4n) is 2.89. The minimum Gasteiger partial charge on any atom is -0.337 e. The third-order valence-corrected chi connectivity index (χ3v) is 6.03. The number of halogens is 1. The first-order chi connectivity index (χ1) is 10.3. The van der Waals surface area contributed by atoms with Crippen LogP contribution in [0.3, 0.4) is 0 Å². The van der Waals surface area contributed by atoms with Crippen molar-refractivity contribution in [3.8, 4) is 0 Å². The van der Waals surface area contributed by atoms with Crippen molar-refractivity contribution in [3.63, 3.8) is 0 Å². The predicted octanol–water partition coefficient (Wildman–Crippen LogP) is 1.70. The number of piperidine rings is 1. The van der Waals surface area contributed by atoms with Crippen LogP contribution in [0.25, 0.3) is 0 Å². The Morgan fingerprint density at radius 1 is 1.36 bits per heavy atom. The zero-order chi connectivity index (χ0) is 16.3. The van der Waals surface area contributed by atoms with Crippen molar-refractivity contribution in [3.05, 3.63) is 29.3 Å². The van der Waals surface area contributed by atoms with Gasteiger partial charge in [0.2, 0.25) is 5.91 Å². The molecular formula is C15H21ClN2O3S. The quantitative estimate of drug-likeness (QED) is 0.901. The Morgan fingerprint density at radius 2 is 2.00 bits per heavy atom. The lowest BCUT2D eigenvalue weighted by Crippen LogP contribution is -2.52. The van der Waals surface area contributed by atoms with Crippen molar-refractivity contribution in [2.45, 2.75) is 30.7 Å². The van der Waals surface area contributed by atoms with E-state index in [9.17, 15) is 13.2 Å². The van der Waals surface area contributed by atoms with Crippen LogP contribution < -0.4 is 5.73 Å². The lowest BCUT2D eigenvalue weighted by Gasteiger charge is -2.39. The third-order valence-electron chi connectivity index (χ3n) is 4.16. The number of likely N-dealkylation sites (tertiary alicyclic amines) is 1. The average molecular weight is 345 g/mol. The minimum absolute atomic E-state index is 0.0818. The van der Waals surface area contributed by atoms with Crippen LogP contribution in [-0.2, 0) is 14.6 Å². The van der Waals surface area contributed by atoms with Gasteiger partial charge in [0.1, 0.15) is 5.75 Å². The second-order valence-corrected chi connectivity index (χ2v) is 8.15. The van der Waals surface area contributed by atoms with Crippen LogP contribution in [0.4, 0.5) is 0 Å². The Bertz CT molecular complexity index is 631. The number of hydrogen-bond donors (Lipinski definition) is 1. The number of carbonyl (C=O) groups is 1. The van der Waals surface area contributed by atoms with E-state index >= 15 is 0 Å². The molecular weight excluding hydrogens is 324 g/mol. The molecule has 2 atom stereocenters. The topological polar surface area (TPSA) is 80.5 Å². The molecule has 1 aromatic carbocycles. The molecule has 0 radical (unpaired) electrons. The van der Waals surface area contributed by atoms with E-state index in [1.54, 1.807) is 4.90 Å². The normalized spacial score (nSPS) is 22.6. The smallest absolute Gasteiger partial charge is 0.238 e. The molecule has 1 aliphatic heterocycles. The first kappa shape index (κ1) is 17.2. The van der Waals surface area contributed by atoms with E-state index in [1.165, 1.54) is 24.3 Å². The molecule has 22 heavy (non-hydrogen) atoms. The first-order valence-electron chi connectivity index (χ1n) is 7.33. The van der Waals surface area contributed by atoms with E-state index in [4.69, 9.17) is 17.3 Å². The Kier molecular flexibility index (Phi) is 5.47. The van der Waals surface area contributed by atoms with Crippen LogP contribution >= 0.6 is 11.6 Å². The molecule has 0 spiro atoms. The maximum Gasteiger partial charge on any atom is 0.238 e. The number of rotatable bonds is 4. The fourth-order valence-corrected chi connectivity index (χ4v) is 4.22. The Balaban J connectivity index is 2.14. The number of hydrogen-bond acceptors (Lipinski definition) is 4. The highest BCUT2D eigenvalue weighted by Crippen LogP contribution is 2.24. The molecule has 2 N–H and O–H groups in total. The Hall–Kier alpha value is -1.11. The van der Waals surface area contributed by atoms with Crippen molar-refractivity contribution in [2.24, 2.45) is 11.7 Å². The van der Waals surface area contributed by atoms with Crippen LogP contribution in [0.1, 0.15) is 19.8 Å². The molecule has 1 aliphatic rings. The van der Waals surface area contributed by atoms with E-state index in [-0.39, 0.29) is 16.8 Å². The van der Waals surface area contributed by atoms with Gasteiger partial charge in [-0.05, 0) is 43.0 Å². The van der Waals surface area contributed by atoms with Gasteiger partial charge in [0.25, 0.3) is 0 Å². The minimum atomic E-state index is -3.67. The van der Waals surface area contributed by atoms with E-state index in [2.05, 4.69) is 0 Å². The van der Waals surface area contributed by atoms with E-state index in [0.29, 0.717) is 24.0 Å². The zero-order valence-electron chi connectivity index (χ0n) is 12.5. The van der Waals surface area contributed by atoms with Gasteiger partial charge in [-0.2, -0.15) is 0 Å². The highest BCUT2D eigenvalue weighted by molar-refractivity contribution is 7.92. The second kappa shape index (κ2) is 6.98. The molecule has 0 bridgehead atoms. The van der Waals surface area contributed by atoms with Crippen molar-refractivity contribution < 1.29 is 13.2 Å². The van der Waals surface area contributed by atoms with Gasteiger partial charge < -0.3 is 10.6 Å².